The van der Waals surface area contributed by atoms with Gasteiger partial charge in [0.2, 0.25) is 0 Å². The molecule has 0 saturated heterocycles. The molecule has 10 heteroatoms. The van der Waals surface area contributed by atoms with Crippen molar-refractivity contribution in [3.63, 3.8) is 0 Å². The first-order valence-corrected chi connectivity index (χ1v) is 8.70. The van der Waals surface area contributed by atoms with Gasteiger partial charge in [0.1, 0.15) is 12.1 Å². The Morgan fingerprint density at radius 1 is 1.19 bits per heavy atom. The van der Waals surface area contributed by atoms with Crippen molar-refractivity contribution in [1.29, 1.82) is 0 Å². The van der Waals surface area contributed by atoms with Gasteiger partial charge in [-0.25, -0.2) is 28.7 Å². The zero-order valence-corrected chi connectivity index (χ0v) is 15.9. The lowest BCUT2D eigenvalue weighted by atomic mass is 10.1. The van der Waals surface area contributed by atoms with Gasteiger partial charge in [0, 0.05) is 47.0 Å². The number of carbonyl (C=O) groups is 1. The van der Waals surface area contributed by atoms with E-state index in [4.69, 9.17) is 0 Å². The summed E-state index contributed by atoms with van der Waals surface area (Å²) in [7, 11) is 0. The highest BCUT2D eigenvalue weighted by Crippen LogP contribution is 2.28. The minimum atomic E-state index is -0.725. The monoisotopic (exact) mass is 445 g/mol. The molecule has 3 aromatic heterocycles. The summed E-state index contributed by atoms with van der Waals surface area (Å²) in [6.45, 7) is 0. The molecule has 1 aromatic carbocycles. The predicted octanol–water partition coefficient (Wildman–Crippen LogP) is 3.76. The molecule has 0 aliphatic heterocycles. The highest BCUT2D eigenvalue weighted by atomic mass is 79.9. The van der Waals surface area contributed by atoms with Gasteiger partial charge < -0.3 is 4.18 Å². The van der Waals surface area contributed by atoms with Crippen molar-refractivity contribution in [2.45, 2.75) is 0 Å². The first-order chi connectivity index (χ1) is 13.1. The fourth-order valence-electron chi connectivity index (χ4n) is 2.59. The van der Waals surface area contributed by atoms with E-state index in [0.29, 0.717) is 32.6 Å². The quantitative estimate of drug-likeness (QED) is 0.381. The Morgan fingerprint density at radius 3 is 2.67 bits per heavy atom. The number of hydrogen-bond acceptors (Lipinski definition) is 7. The minimum absolute atomic E-state index is 0.0269. The lowest BCUT2D eigenvalue weighted by molar-refractivity contribution is 0.0766. The van der Waals surface area contributed by atoms with E-state index in [2.05, 4.69) is 53.1 Å². The van der Waals surface area contributed by atoms with Crippen molar-refractivity contribution in [1.82, 2.24) is 24.6 Å². The summed E-state index contributed by atoms with van der Waals surface area (Å²) in [5, 5.41) is 4.45. The molecule has 0 bridgehead atoms. The van der Waals surface area contributed by atoms with E-state index in [1.165, 1.54) is 23.0 Å². The molecule has 0 spiro atoms. The lowest BCUT2D eigenvalue weighted by Crippen LogP contribution is -2.06. The van der Waals surface area contributed by atoms with Crippen LogP contribution in [0.5, 0.6) is 0 Å². The van der Waals surface area contributed by atoms with E-state index in [0.717, 1.165) is 0 Å². The molecule has 4 aromatic rings. The Bertz CT molecular complexity index is 1170. The van der Waals surface area contributed by atoms with Crippen molar-refractivity contribution in [2.24, 2.45) is 0 Å². The Hall–Kier alpha value is -2.85. The van der Waals surface area contributed by atoms with Crippen LogP contribution in [-0.4, -0.2) is 30.5 Å². The smallest absolute Gasteiger partial charge is 0.368 e. The van der Waals surface area contributed by atoms with Gasteiger partial charge in [0.05, 0.1) is 11.4 Å². The van der Waals surface area contributed by atoms with Gasteiger partial charge in [-0.2, -0.15) is 5.10 Å². The molecular weight excluding hydrogens is 437 g/mol. The largest absolute Gasteiger partial charge is 0.390 e. The van der Waals surface area contributed by atoms with E-state index in [1.807, 2.05) is 0 Å². The third-order valence-electron chi connectivity index (χ3n) is 3.78. The maximum absolute atomic E-state index is 14.3. The van der Waals surface area contributed by atoms with Crippen LogP contribution in [0.1, 0.15) is 10.5 Å². The van der Waals surface area contributed by atoms with Crippen LogP contribution in [0.25, 0.3) is 28.2 Å². The lowest BCUT2D eigenvalue weighted by Gasteiger charge is -2.06. The van der Waals surface area contributed by atoms with Crippen LogP contribution < -0.4 is 0 Å². The molecule has 0 fully saturated rings. The van der Waals surface area contributed by atoms with Gasteiger partial charge in [-0.05, 0) is 24.3 Å². The number of halogens is 2. The van der Waals surface area contributed by atoms with Crippen molar-refractivity contribution >= 4 is 40.5 Å². The number of aromatic nitrogens is 5. The number of hydrogen-bond donors (Lipinski definition) is 1. The second-order valence-corrected chi connectivity index (χ2v) is 6.55. The second kappa shape index (κ2) is 7.05. The molecule has 134 valence electrons. The van der Waals surface area contributed by atoms with Crippen LogP contribution in [0, 0.1) is 5.82 Å². The molecular formula is C17H9BrFN5O2S. The van der Waals surface area contributed by atoms with Gasteiger partial charge in [-0.15, -0.1) is 0 Å². The zero-order chi connectivity index (χ0) is 19.0. The molecule has 0 aliphatic carbocycles. The summed E-state index contributed by atoms with van der Waals surface area (Å²) < 4.78 is 20.9. The molecule has 0 amide bonds. The molecule has 0 aliphatic rings. The van der Waals surface area contributed by atoms with Crippen LogP contribution in [0.3, 0.4) is 0 Å². The molecule has 27 heavy (non-hydrogen) atoms. The van der Waals surface area contributed by atoms with E-state index < -0.39 is 11.8 Å². The normalized spacial score (nSPS) is 10.9. The number of rotatable bonds is 3. The first kappa shape index (κ1) is 17.6. The SMILES string of the molecule is O=C(OS)c1cc(-c2cncnc2)n2nc(-c3ccc(Br)cc3F)cc2n1. The summed E-state index contributed by atoms with van der Waals surface area (Å²) in [6.07, 6.45) is 4.52. The van der Waals surface area contributed by atoms with Crippen LogP contribution >= 0.6 is 28.8 Å². The third kappa shape index (κ3) is 3.28. The van der Waals surface area contributed by atoms with E-state index in [1.54, 1.807) is 30.6 Å². The highest BCUT2D eigenvalue weighted by Gasteiger charge is 2.18. The highest BCUT2D eigenvalue weighted by molar-refractivity contribution is 9.10. The van der Waals surface area contributed by atoms with Crippen LogP contribution in [0.2, 0.25) is 0 Å². The van der Waals surface area contributed by atoms with Gasteiger partial charge >= 0.3 is 5.97 Å². The van der Waals surface area contributed by atoms with Crippen LogP contribution in [-0.2, 0) is 4.18 Å². The third-order valence-corrected chi connectivity index (χ3v) is 4.44. The number of carbonyl (C=O) groups excluding carboxylic acids is 1. The summed E-state index contributed by atoms with van der Waals surface area (Å²) in [4.78, 5) is 24.1. The summed E-state index contributed by atoms with van der Waals surface area (Å²) in [5.74, 6) is -1.16. The van der Waals surface area contributed by atoms with Gasteiger partial charge in [-0.1, -0.05) is 15.9 Å². The maximum Gasteiger partial charge on any atom is 0.368 e. The molecule has 0 saturated carbocycles. The standard InChI is InChI=1S/C17H9BrFN5O2S/c18-10-1-2-11(12(19)3-10)13-5-16-22-14(17(25)26-27)4-15(24(16)23-13)9-6-20-8-21-7-9/h1-8,27H. The molecule has 3 heterocycles. The Kier molecular flexibility index (Phi) is 4.58. The minimum Gasteiger partial charge on any atom is -0.390 e. The molecule has 0 N–H and O–H groups in total. The fourth-order valence-corrected chi connectivity index (χ4v) is 3.02. The van der Waals surface area contributed by atoms with Crippen LogP contribution in [0.4, 0.5) is 4.39 Å². The van der Waals surface area contributed by atoms with Crippen LogP contribution in [0.15, 0.2) is 53.5 Å². The average molecular weight is 446 g/mol. The maximum atomic E-state index is 14.3. The average Bonchev–Trinajstić information content (AvgIpc) is 3.11. The Balaban J connectivity index is 1.97. The zero-order valence-electron chi connectivity index (χ0n) is 13.4. The first-order valence-electron chi connectivity index (χ1n) is 7.54. The predicted molar refractivity (Wildman–Crippen MR) is 102 cm³/mol. The number of nitrogens with zero attached hydrogens (tertiary/aromatic N) is 5. The molecule has 4 rings (SSSR count). The number of thiol groups is 1. The van der Waals surface area contributed by atoms with E-state index in [-0.39, 0.29) is 5.69 Å². The van der Waals surface area contributed by atoms with Crippen molar-refractivity contribution < 1.29 is 13.4 Å². The van der Waals surface area contributed by atoms with Gasteiger partial charge in [-0.3, -0.25) is 0 Å². The number of fused-ring (bicyclic) bond motifs is 1. The van der Waals surface area contributed by atoms with Crippen molar-refractivity contribution in [3.8, 4) is 22.5 Å². The topological polar surface area (TPSA) is 82.3 Å². The summed E-state index contributed by atoms with van der Waals surface area (Å²) >= 11 is 6.77. The van der Waals surface area contributed by atoms with Crippen molar-refractivity contribution in [2.75, 3.05) is 0 Å². The fraction of sp³-hybridized carbons (Fsp3) is 0. The molecule has 0 atom stereocenters. The summed E-state index contributed by atoms with van der Waals surface area (Å²) in [6, 6.07) is 7.73. The van der Waals surface area contributed by atoms with Crippen molar-refractivity contribution in [3.05, 3.63) is 65.0 Å². The van der Waals surface area contributed by atoms with E-state index in [9.17, 15) is 9.18 Å². The number of benzene rings is 1. The van der Waals surface area contributed by atoms with Gasteiger partial charge in [0.25, 0.3) is 0 Å². The van der Waals surface area contributed by atoms with E-state index >= 15 is 0 Å². The second-order valence-electron chi connectivity index (χ2n) is 5.46. The summed E-state index contributed by atoms with van der Waals surface area (Å²) in [5.41, 5.74) is 2.13. The Labute approximate surface area is 166 Å². The molecule has 0 unspecified atom stereocenters. The molecule has 0 radical (unpaired) electrons. The molecule has 7 nitrogen and oxygen atoms in total. The Morgan fingerprint density at radius 2 is 1.96 bits per heavy atom. The van der Waals surface area contributed by atoms with Gasteiger partial charge in [0.15, 0.2) is 11.3 Å².